The second-order valence-corrected chi connectivity index (χ2v) is 5.63. The highest BCUT2D eigenvalue weighted by molar-refractivity contribution is 6.36. The Morgan fingerprint density at radius 2 is 1.76 bits per heavy atom. The van der Waals surface area contributed by atoms with Crippen LogP contribution in [0.2, 0.25) is 10.0 Å². The Balaban J connectivity index is 3.30. The minimum atomic E-state index is -0.920. The molecule has 0 aliphatic carbocycles. The molecule has 90 valence electrons. The first kappa shape index (κ1) is 14.0. The van der Waals surface area contributed by atoms with Gasteiger partial charge in [-0.3, -0.25) is 4.79 Å². The van der Waals surface area contributed by atoms with Gasteiger partial charge in [-0.05, 0) is 12.1 Å². The van der Waals surface area contributed by atoms with Gasteiger partial charge in [0.1, 0.15) is 5.92 Å². The van der Waals surface area contributed by atoms with E-state index in [0.717, 1.165) is 0 Å². The topological polar surface area (TPSA) is 40.9 Å². The minimum absolute atomic E-state index is 0.185. The first-order valence-electron chi connectivity index (χ1n) is 5.17. The quantitative estimate of drug-likeness (QED) is 0.807. The summed E-state index contributed by atoms with van der Waals surface area (Å²) in [5.41, 5.74) is -0.207. The number of carbonyl (C=O) groups is 1. The summed E-state index contributed by atoms with van der Waals surface area (Å²) in [7, 11) is 0. The van der Waals surface area contributed by atoms with Crippen molar-refractivity contribution in [3.63, 3.8) is 0 Å². The third-order valence-corrected chi connectivity index (χ3v) is 3.08. The van der Waals surface area contributed by atoms with E-state index in [0.29, 0.717) is 15.6 Å². The standard InChI is InChI=1S/C13H13Cl2NO/c1-13(2,3)12(17)8(7-16)11-9(14)5-4-6-10(11)15/h4-6,8H,1-3H3. The number of ketones is 1. The number of hydrogen-bond acceptors (Lipinski definition) is 2. The summed E-state index contributed by atoms with van der Waals surface area (Å²) in [6.45, 7) is 5.30. The van der Waals surface area contributed by atoms with Crippen LogP contribution in [0.25, 0.3) is 0 Å². The van der Waals surface area contributed by atoms with Gasteiger partial charge in [-0.1, -0.05) is 50.0 Å². The summed E-state index contributed by atoms with van der Waals surface area (Å²) < 4.78 is 0. The van der Waals surface area contributed by atoms with Crippen LogP contribution in [0.1, 0.15) is 32.3 Å². The Bertz CT molecular complexity index is 463. The lowest BCUT2D eigenvalue weighted by Gasteiger charge is -2.21. The second-order valence-electron chi connectivity index (χ2n) is 4.81. The molecule has 0 saturated heterocycles. The van der Waals surface area contributed by atoms with E-state index in [-0.39, 0.29) is 5.78 Å². The Morgan fingerprint density at radius 1 is 1.29 bits per heavy atom. The molecule has 17 heavy (non-hydrogen) atoms. The van der Waals surface area contributed by atoms with E-state index in [1.54, 1.807) is 39.0 Å². The monoisotopic (exact) mass is 269 g/mol. The summed E-state index contributed by atoms with van der Waals surface area (Å²) in [5.74, 6) is -1.11. The van der Waals surface area contributed by atoms with Gasteiger partial charge in [-0.2, -0.15) is 5.26 Å². The molecule has 0 saturated carbocycles. The largest absolute Gasteiger partial charge is 0.297 e. The maximum atomic E-state index is 12.2. The fourth-order valence-electron chi connectivity index (χ4n) is 1.47. The molecule has 1 rings (SSSR count). The van der Waals surface area contributed by atoms with Crippen LogP contribution in [0.15, 0.2) is 18.2 Å². The Labute approximate surface area is 111 Å². The predicted molar refractivity (Wildman–Crippen MR) is 69.3 cm³/mol. The zero-order valence-electron chi connectivity index (χ0n) is 9.92. The van der Waals surface area contributed by atoms with Gasteiger partial charge in [-0.15, -0.1) is 0 Å². The molecule has 1 aromatic carbocycles. The van der Waals surface area contributed by atoms with Crippen LogP contribution in [0.3, 0.4) is 0 Å². The molecule has 0 spiro atoms. The molecule has 0 amide bonds. The van der Waals surface area contributed by atoms with Gasteiger partial charge >= 0.3 is 0 Å². The van der Waals surface area contributed by atoms with Crippen LogP contribution in [0, 0.1) is 16.7 Å². The van der Waals surface area contributed by atoms with E-state index in [1.807, 2.05) is 6.07 Å². The number of rotatable bonds is 2. The van der Waals surface area contributed by atoms with E-state index in [4.69, 9.17) is 23.2 Å². The van der Waals surface area contributed by atoms with Crippen molar-refractivity contribution in [1.82, 2.24) is 0 Å². The molecule has 2 nitrogen and oxygen atoms in total. The molecule has 1 aromatic rings. The lowest BCUT2D eigenvalue weighted by molar-refractivity contribution is -0.126. The lowest BCUT2D eigenvalue weighted by Crippen LogP contribution is -2.26. The van der Waals surface area contributed by atoms with Crippen molar-refractivity contribution in [3.05, 3.63) is 33.8 Å². The summed E-state index contributed by atoms with van der Waals surface area (Å²) in [5, 5.41) is 9.87. The van der Waals surface area contributed by atoms with Crippen LogP contribution in [0.4, 0.5) is 0 Å². The smallest absolute Gasteiger partial charge is 0.159 e. The van der Waals surface area contributed by atoms with E-state index in [9.17, 15) is 10.1 Å². The summed E-state index contributed by atoms with van der Waals surface area (Å²) in [6, 6.07) is 6.93. The van der Waals surface area contributed by atoms with Crippen LogP contribution < -0.4 is 0 Å². The van der Waals surface area contributed by atoms with Crippen LogP contribution in [0.5, 0.6) is 0 Å². The first-order chi connectivity index (χ1) is 7.79. The van der Waals surface area contributed by atoms with E-state index in [1.165, 1.54) is 0 Å². The van der Waals surface area contributed by atoms with Crippen LogP contribution in [-0.4, -0.2) is 5.78 Å². The fourth-order valence-corrected chi connectivity index (χ4v) is 2.09. The number of benzene rings is 1. The summed E-state index contributed by atoms with van der Waals surface area (Å²) in [4.78, 5) is 12.2. The van der Waals surface area contributed by atoms with E-state index < -0.39 is 11.3 Å². The number of carbonyl (C=O) groups excluding carboxylic acids is 1. The molecule has 0 fully saturated rings. The molecule has 0 bridgehead atoms. The molecule has 1 atom stereocenters. The summed E-state index contributed by atoms with van der Waals surface area (Å²) in [6.07, 6.45) is 0. The van der Waals surface area contributed by atoms with Gasteiger partial charge in [-0.25, -0.2) is 0 Å². The molecule has 0 aromatic heterocycles. The number of nitrogens with zero attached hydrogens (tertiary/aromatic N) is 1. The van der Waals surface area contributed by atoms with Crippen molar-refractivity contribution in [2.45, 2.75) is 26.7 Å². The van der Waals surface area contributed by atoms with Gasteiger partial charge in [0.05, 0.1) is 6.07 Å². The van der Waals surface area contributed by atoms with Gasteiger partial charge in [0.2, 0.25) is 0 Å². The average molecular weight is 270 g/mol. The Kier molecular flexibility index (Phi) is 4.19. The lowest BCUT2D eigenvalue weighted by atomic mass is 9.80. The number of halogens is 2. The van der Waals surface area contributed by atoms with Crippen LogP contribution in [-0.2, 0) is 4.79 Å². The van der Waals surface area contributed by atoms with Crippen molar-refractivity contribution >= 4 is 29.0 Å². The highest BCUT2D eigenvalue weighted by atomic mass is 35.5. The van der Waals surface area contributed by atoms with E-state index >= 15 is 0 Å². The normalized spacial score (nSPS) is 12.9. The molecule has 4 heteroatoms. The predicted octanol–water partition coefficient (Wildman–Crippen LogP) is 4.22. The third-order valence-electron chi connectivity index (χ3n) is 2.42. The fraction of sp³-hybridized carbons (Fsp3) is 0.385. The number of nitriles is 1. The molecule has 0 aliphatic rings. The number of Topliss-reactive ketones (excluding diaryl/α,β-unsaturated/α-hetero) is 1. The molecular formula is C13H13Cl2NO. The van der Waals surface area contributed by atoms with Gasteiger partial charge in [0.15, 0.2) is 5.78 Å². The van der Waals surface area contributed by atoms with Crippen molar-refractivity contribution < 1.29 is 4.79 Å². The maximum Gasteiger partial charge on any atom is 0.159 e. The molecule has 0 radical (unpaired) electrons. The van der Waals surface area contributed by atoms with E-state index in [2.05, 4.69) is 0 Å². The first-order valence-corrected chi connectivity index (χ1v) is 5.92. The molecule has 0 heterocycles. The van der Waals surface area contributed by atoms with Crippen molar-refractivity contribution in [3.8, 4) is 6.07 Å². The zero-order chi connectivity index (χ0) is 13.2. The Morgan fingerprint density at radius 3 is 2.12 bits per heavy atom. The van der Waals surface area contributed by atoms with Gasteiger partial charge in [0.25, 0.3) is 0 Å². The van der Waals surface area contributed by atoms with Gasteiger partial charge in [0, 0.05) is 21.0 Å². The SMILES string of the molecule is CC(C)(C)C(=O)C(C#N)c1c(Cl)cccc1Cl. The van der Waals surface area contributed by atoms with Crippen LogP contribution >= 0.6 is 23.2 Å². The molecule has 1 unspecified atom stereocenters. The zero-order valence-corrected chi connectivity index (χ0v) is 11.4. The average Bonchev–Trinajstić information content (AvgIpc) is 2.21. The highest BCUT2D eigenvalue weighted by Gasteiger charge is 2.33. The molecule has 0 N–H and O–H groups in total. The van der Waals surface area contributed by atoms with Gasteiger partial charge < -0.3 is 0 Å². The van der Waals surface area contributed by atoms with Crippen molar-refractivity contribution in [1.29, 1.82) is 5.26 Å². The summed E-state index contributed by atoms with van der Waals surface area (Å²) >= 11 is 12.0. The maximum absolute atomic E-state index is 12.2. The highest BCUT2D eigenvalue weighted by Crippen LogP contribution is 2.35. The van der Waals surface area contributed by atoms with Crippen molar-refractivity contribution in [2.75, 3.05) is 0 Å². The van der Waals surface area contributed by atoms with Crippen molar-refractivity contribution in [2.24, 2.45) is 5.41 Å². The number of hydrogen-bond donors (Lipinski definition) is 0. The third kappa shape index (κ3) is 3.00. The molecule has 0 aliphatic heterocycles. The Hall–Kier alpha value is -1.04. The minimum Gasteiger partial charge on any atom is -0.297 e. The molecular weight excluding hydrogens is 257 g/mol. The second kappa shape index (κ2) is 5.08.